The Bertz CT molecular complexity index is 493. The molecular formula is C15H17NO2. The average Bonchev–Trinajstić information content (AvgIpc) is 2.61. The van der Waals surface area contributed by atoms with E-state index in [9.17, 15) is 9.59 Å². The second-order valence-electron chi connectivity index (χ2n) is 4.72. The normalized spacial score (nSPS) is 16.5. The molecule has 0 aromatic heterocycles. The second kappa shape index (κ2) is 4.77. The molecule has 0 spiro atoms. The van der Waals surface area contributed by atoms with Gasteiger partial charge in [-0.15, -0.1) is 0 Å². The average molecular weight is 243 g/mol. The number of aryl methyl sites for hydroxylation is 2. The molecule has 1 aliphatic rings. The van der Waals surface area contributed by atoms with E-state index >= 15 is 0 Å². The van der Waals surface area contributed by atoms with Gasteiger partial charge in [-0.3, -0.25) is 14.5 Å². The zero-order valence-corrected chi connectivity index (χ0v) is 10.9. The molecule has 2 amide bonds. The maximum absolute atomic E-state index is 11.7. The van der Waals surface area contributed by atoms with Gasteiger partial charge in [0, 0.05) is 12.2 Å². The van der Waals surface area contributed by atoms with Crippen LogP contribution < -0.4 is 0 Å². The lowest BCUT2D eigenvalue weighted by Gasteiger charge is -2.26. The summed E-state index contributed by atoms with van der Waals surface area (Å²) >= 11 is 0. The highest BCUT2D eigenvalue weighted by Crippen LogP contribution is 2.28. The maximum atomic E-state index is 11.7. The summed E-state index contributed by atoms with van der Waals surface area (Å²) in [6.07, 6.45) is 3.41. The SMILES string of the molecule is CC[C@@H](c1cc(C)cc(C)c1)N1C(=O)C=CC1=O. The summed E-state index contributed by atoms with van der Waals surface area (Å²) in [5.41, 5.74) is 3.33. The Morgan fingerprint density at radius 1 is 1.00 bits per heavy atom. The number of carbonyl (C=O) groups excluding carboxylic acids is 2. The molecule has 0 N–H and O–H groups in total. The molecule has 0 unspecified atom stereocenters. The topological polar surface area (TPSA) is 37.4 Å². The zero-order chi connectivity index (χ0) is 13.3. The van der Waals surface area contributed by atoms with Crippen LogP contribution in [0.1, 0.15) is 36.1 Å². The van der Waals surface area contributed by atoms with Crippen LogP contribution in [-0.2, 0) is 9.59 Å². The van der Waals surface area contributed by atoms with E-state index in [2.05, 4.69) is 6.07 Å². The van der Waals surface area contributed by atoms with Crippen molar-refractivity contribution in [2.45, 2.75) is 33.2 Å². The van der Waals surface area contributed by atoms with Crippen LogP contribution >= 0.6 is 0 Å². The number of hydrogen-bond acceptors (Lipinski definition) is 2. The van der Waals surface area contributed by atoms with Crippen LogP contribution in [0.2, 0.25) is 0 Å². The van der Waals surface area contributed by atoms with Crippen molar-refractivity contribution in [3.63, 3.8) is 0 Å². The molecule has 18 heavy (non-hydrogen) atoms. The van der Waals surface area contributed by atoms with Crippen molar-refractivity contribution in [2.75, 3.05) is 0 Å². The predicted molar refractivity (Wildman–Crippen MR) is 69.9 cm³/mol. The first-order chi connectivity index (χ1) is 8.52. The predicted octanol–water partition coefficient (Wildman–Crippen LogP) is 2.68. The van der Waals surface area contributed by atoms with Crippen molar-refractivity contribution >= 4 is 11.8 Å². The van der Waals surface area contributed by atoms with Crippen molar-refractivity contribution in [3.05, 3.63) is 47.0 Å². The van der Waals surface area contributed by atoms with E-state index in [4.69, 9.17) is 0 Å². The van der Waals surface area contributed by atoms with Crippen LogP contribution in [0.25, 0.3) is 0 Å². The second-order valence-corrected chi connectivity index (χ2v) is 4.72. The Balaban J connectivity index is 2.39. The van der Waals surface area contributed by atoms with Gasteiger partial charge in [0.25, 0.3) is 11.8 Å². The Kier molecular flexibility index (Phi) is 3.32. The van der Waals surface area contributed by atoms with Crippen molar-refractivity contribution in [3.8, 4) is 0 Å². The van der Waals surface area contributed by atoms with Crippen LogP contribution in [0.4, 0.5) is 0 Å². The van der Waals surface area contributed by atoms with Gasteiger partial charge in [0.15, 0.2) is 0 Å². The fraction of sp³-hybridized carbons (Fsp3) is 0.333. The van der Waals surface area contributed by atoms with E-state index in [1.165, 1.54) is 17.1 Å². The van der Waals surface area contributed by atoms with Gasteiger partial charge < -0.3 is 0 Å². The Morgan fingerprint density at radius 2 is 1.50 bits per heavy atom. The number of imide groups is 1. The van der Waals surface area contributed by atoms with Crippen molar-refractivity contribution in [1.82, 2.24) is 4.90 Å². The molecule has 94 valence electrons. The number of benzene rings is 1. The van der Waals surface area contributed by atoms with Crippen LogP contribution in [0.5, 0.6) is 0 Å². The molecular weight excluding hydrogens is 226 g/mol. The molecule has 0 saturated heterocycles. The van der Waals surface area contributed by atoms with Crippen molar-refractivity contribution in [2.24, 2.45) is 0 Å². The minimum Gasteiger partial charge on any atom is -0.269 e. The minimum atomic E-state index is -0.217. The Hall–Kier alpha value is -1.90. The van der Waals surface area contributed by atoms with Gasteiger partial charge in [-0.2, -0.15) is 0 Å². The van der Waals surface area contributed by atoms with Gasteiger partial charge in [-0.05, 0) is 25.8 Å². The van der Waals surface area contributed by atoms with Crippen LogP contribution in [0.15, 0.2) is 30.4 Å². The van der Waals surface area contributed by atoms with Gasteiger partial charge in [-0.25, -0.2) is 0 Å². The third-order valence-electron chi connectivity index (χ3n) is 3.17. The molecule has 1 aromatic carbocycles. The standard InChI is InChI=1S/C15H17NO2/c1-4-13(16-14(17)5-6-15(16)18)12-8-10(2)7-11(3)9-12/h5-9,13H,4H2,1-3H3/t13-/m0/s1. The third kappa shape index (κ3) is 2.21. The van der Waals surface area contributed by atoms with Crippen LogP contribution in [-0.4, -0.2) is 16.7 Å². The fourth-order valence-electron chi connectivity index (χ4n) is 2.49. The highest BCUT2D eigenvalue weighted by atomic mass is 16.2. The molecule has 3 heteroatoms. The fourth-order valence-corrected chi connectivity index (χ4v) is 2.49. The molecule has 1 atom stereocenters. The summed E-state index contributed by atoms with van der Waals surface area (Å²) in [5, 5.41) is 0. The van der Waals surface area contributed by atoms with E-state index < -0.39 is 0 Å². The van der Waals surface area contributed by atoms with E-state index in [0.29, 0.717) is 0 Å². The minimum absolute atomic E-state index is 0.168. The first-order valence-corrected chi connectivity index (χ1v) is 6.16. The number of rotatable bonds is 3. The molecule has 1 aliphatic heterocycles. The number of hydrogen-bond donors (Lipinski definition) is 0. The van der Waals surface area contributed by atoms with Gasteiger partial charge in [-0.1, -0.05) is 36.2 Å². The van der Waals surface area contributed by atoms with Crippen LogP contribution in [0.3, 0.4) is 0 Å². The van der Waals surface area contributed by atoms with E-state index in [0.717, 1.165) is 23.1 Å². The van der Waals surface area contributed by atoms with Gasteiger partial charge in [0.05, 0.1) is 6.04 Å². The van der Waals surface area contributed by atoms with E-state index in [-0.39, 0.29) is 17.9 Å². The molecule has 0 radical (unpaired) electrons. The highest BCUT2D eigenvalue weighted by Gasteiger charge is 2.31. The number of nitrogens with zero attached hydrogens (tertiary/aromatic N) is 1. The van der Waals surface area contributed by atoms with E-state index in [1.54, 1.807) is 0 Å². The van der Waals surface area contributed by atoms with Crippen molar-refractivity contribution in [1.29, 1.82) is 0 Å². The number of carbonyl (C=O) groups is 2. The molecule has 2 rings (SSSR count). The summed E-state index contributed by atoms with van der Waals surface area (Å²) in [6, 6.07) is 6.00. The van der Waals surface area contributed by atoms with Gasteiger partial charge >= 0.3 is 0 Å². The third-order valence-corrected chi connectivity index (χ3v) is 3.17. The first kappa shape index (κ1) is 12.6. The van der Waals surface area contributed by atoms with Crippen LogP contribution in [0, 0.1) is 13.8 Å². The molecule has 3 nitrogen and oxygen atoms in total. The Labute approximate surface area is 107 Å². The molecule has 0 saturated carbocycles. The van der Waals surface area contributed by atoms with Gasteiger partial charge in [0.1, 0.15) is 0 Å². The largest absolute Gasteiger partial charge is 0.269 e. The molecule has 0 aliphatic carbocycles. The molecule has 0 fully saturated rings. The summed E-state index contributed by atoms with van der Waals surface area (Å²) in [5.74, 6) is -0.433. The highest BCUT2D eigenvalue weighted by molar-refractivity contribution is 6.13. The lowest BCUT2D eigenvalue weighted by atomic mass is 9.98. The van der Waals surface area contributed by atoms with Crippen molar-refractivity contribution < 1.29 is 9.59 Å². The Morgan fingerprint density at radius 3 is 1.94 bits per heavy atom. The summed E-state index contributed by atoms with van der Waals surface area (Å²) in [6.45, 7) is 6.03. The molecule has 1 heterocycles. The summed E-state index contributed by atoms with van der Waals surface area (Å²) in [7, 11) is 0. The maximum Gasteiger partial charge on any atom is 0.254 e. The lowest BCUT2D eigenvalue weighted by Crippen LogP contribution is -2.34. The van der Waals surface area contributed by atoms with E-state index in [1.807, 2.05) is 32.9 Å². The lowest BCUT2D eigenvalue weighted by molar-refractivity contribution is -0.139. The quantitative estimate of drug-likeness (QED) is 0.765. The summed E-state index contributed by atoms with van der Waals surface area (Å²) < 4.78 is 0. The zero-order valence-electron chi connectivity index (χ0n) is 10.9. The summed E-state index contributed by atoms with van der Waals surface area (Å²) in [4.78, 5) is 24.8. The molecule has 1 aromatic rings. The smallest absolute Gasteiger partial charge is 0.254 e. The van der Waals surface area contributed by atoms with Gasteiger partial charge in [0.2, 0.25) is 0 Å². The molecule has 0 bridgehead atoms. The number of amides is 2. The monoisotopic (exact) mass is 243 g/mol. The first-order valence-electron chi connectivity index (χ1n) is 6.16.